The Morgan fingerprint density at radius 3 is 2.54 bits per heavy atom. The van der Waals surface area contributed by atoms with E-state index < -0.39 is 17.2 Å². The highest BCUT2D eigenvalue weighted by molar-refractivity contribution is 5.73. The Morgan fingerprint density at radius 2 is 1.92 bits per heavy atom. The first kappa shape index (κ1) is 28.0. The molecule has 3 aromatic rings. The number of rotatable bonds is 11. The number of benzene rings is 2. The second-order valence-electron chi connectivity index (χ2n) is 9.50. The smallest absolute Gasteiger partial charge is 0.219 e. The summed E-state index contributed by atoms with van der Waals surface area (Å²) in [5.41, 5.74) is -0.780. The van der Waals surface area contributed by atoms with E-state index in [1.165, 1.54) is 23.4 Å². The highest BCUT2D eigenvalue weighted by atomic mass is 19.1. The van der Waals surface area contributed by atoms with Crippen LogP contribution in [0.2, 0.25) is 0 Å². The normalized spacial score (nSPS) is 15.2. The van der Waals surface area contributed by atoms with Gasteiger partial charge in [-0.25, -0.2) is 18.4 Å². The number of nitrogens with zero attached hydrogens (tertiary/aromatic N) is 6. The van der Waals surface area contributed by atoms with Gasteiger partial charge >= 0.3 is 0 Å². The predicted molar refractivity (Wildman–Crippen MR) is 142 cm³/mol. The second kappa shape index (κ2) is 12.7. The van der Waals surface area contributed by atoms with Crippen LogP contribution in [0, 0.1) is 24.0 Å². The number of aliphatic hydroxyl groups is 1. The quantitative estimate of drug-likeness (QED) is 0.375. The minimum atomic E-state index is -1.77. The molecular formula is C28H32F2N6O3. The van der Waals surface area contributed by atoms with Gasteiger partial charge < -0.3 is 19.6 Å². The molecule has 2 aromatic carbocycles. The van der Waals surface area contributed by atoms with Gasteiger partial charge in [-0.2, -0.15) is 5.10 Å². The maximum Gasteiger partial charge on any atom is 0.219 e. The molecule has 0 bridgehead atoms. The molecule has 1 saturated heterocycles. The summed E-state index contributed by atoms with van der Waals surface area (Å²) in [6.45, 7) is 5.16. The van der Waals surface area contributed by atoms with Gasteiger partial charge in [-0.3, -0.25) is 9.69 Å². The maximum absolute atomic E-state index is 14.8. The summed E-state index contributed by atoms with van der Waals surface area (Å²) in [7, 11) is 0. The third-order valence-electron chi connectivity index (χ3n) is 6.73. The number of terminal acetylenes is 1. The Morgan fingerprint density at radius 1 is 1.18 bits per heavy atom. The number of aromatic nitrogens is 3. The zero-order chi connectivity index (χ0) is 27.8. The largest absolute Gasteiger partial charge is 0.492 e. The average Bonchev–Trinajstić information content (AvgIpc) is 3.42. The van der Waals surface area contributed by atoms with Crippen LogP contribution < -0.4 is 9.64 Å². The van der Waals surface area contributed by atoms with Gasteiger partial charge in [0.1, 0.15) is 42.2 Å². The van der Waals surface area contributed by atoms with Gasteiger partial charge in [0.15, 0.2) is 0 Å². The van der Waals surface area contributed by atoms with Crippen molar-refractivity contribution < 1.29 is 23.4 Å². The minimum Gasteiger partial charge on any atom is -0.492 e. The third-order valence-corrected chi connectivity index (χ3v) is 6.73. The van der Waals surface area contributed by atoms with Crippen LogP contribution in [0.4, 0.5) is 14.5 Å². The van der Waals surface area contributed by atoms with Gasteiger partial charge in [0.25, 0.3) is 0 Å². The van der Waals surface area contributed by atoms with Crippen LogP contribution in [0.5, 0.6) is 5.75 Å². The molecule has 11 heteroatoms. The summed E-state index contributed by atoms with van der Waals surface area (Å²) < 4.78 is 35.6. The van der Waals surface area contributed by atoms with E-state index in [1.807, 2.05) is 29.2 Å². The van der Waals surface area contributed by atoms with E-state index in [9.17, 15) is 18.7 Å². The SMILES string of the molecule is C#CCN(CCOc1ccc(N2CCN(C(C)=O)CC2)cc1)CC(O)(Cn1cncn1)c1ccc(F)cc1F. The first-order chi connectivity index (χ1) is 18.8. The van der Waals surface area contributed by atoms with Crippen molar-refractivity contribution in [3.8, 4) is 18.1 Å². The molecule has 9 nitrogen and oxygen atoms in total. The number of hydrogen-bond donors (Lipinski definition) is 1. The van der Waals surface area contributed by atoms with Crippen molar-refractivity contribution >= 4 is 11.6 Å². The van der Waals surface area contributed by atoms with E-state index in [4.69, 9.17) is 11.2 Å². The van der Waals surface area contributed by atoms with E-state index in [0.29, 0.717) is 25.4 Å². The molecule has 1 amide bonds. The highest BCUT2D eigenvalue weighted by Gasteiger charge is 2.35. The molecule has 1 unspecified atom stereocenters. The molecule has 1 N–H and O–H groups in total. The molecular weight excluding hydrogens is 506 g/mol. The Hall–Kier alpha value is -4.01. The van der Waals surface area contributed by atoms with E-state index in [-0.39, 0.29) is 37.7 Å². The van der Waals surface area contributed by atoms with Gasteiger partial charge in [0.2, 0.25) is 5.91 Å². The number of amides is 1. The van der Waals surface area contributed by atoms with Crippen molar-refractivity contribution in [1.82, 2.24) is 24.6 Å². The molecule has 39 heavy (non-hydrogen) atoms. The Labute approximate surface area is 226 Å². The molecule has 2 heterocycles. The number of hydrogen-bond acceptors (Lipinski definition) is 7. The summed E-state index contributed by atoms with van der Waals surface area (Å²) >= 11 is 0. The summed E-state index contributed by atoms with van der Waals surface area (Å²) in [5, 5.41) is 15.6. The number of ether oxygens (including phenoxy) is 1. The molecule has 206 valence electrons. The Kier molecular flexibility index (Phi) is 9.11. The lowest BCUT2D eigenvalue weighted by Crippen LogP contribution is -2.48. The van der Waals surface area contributed by atoms with E-state index in [1.54, 1.807) is 11.8 Å². The lowest BCUT2D eigenvalue weighted by atomic mass is 9.92. The summed E-state index contributed by atoms with van der Waals surface area (Å²) in [5.74, 6) is 1.73. The number of piperazine rings is 1. The van der Waals surface area contributed by atoms with Crippen LogP contribution in [0.15, 0.2) is 55.1 Å². The fraction of sp³-hybridized carbons (Fsp3) is 0.393. The molecule has 1 aromatic heterocycles. The monoisotopic (exact) mass is 538 g/mol. The topological polar surface area (TPSA) is 87.0 Å². The standard InChI is InChI=1S/C28H32F2N6O3/c1-3-10-33(18-28(38,19-36-21-31-20-32-36)26-9-4-23(29)17-27(26)30)15-16-39-25-7-5-24(6-8-25)35-13-11-34(12-14-35)22(2)37/h1,4-9,17,20-21,38H,10-16,18-19H2,2H3. The number of carbonyl (C=O) groups excluding carboxylic acids is 1. The van der Waals surface area contributed by atoms with Crippen molar-refractivity contribution in [2.45, 2.75) is 19.1 Å². The summed E-state index contributed by atoms with van der Waals surface area (Å²) in [4.78, 5) is 21.3. The van der Waals surface area contributed by atoms with E-state index >= 15 is 0 Å². The van der Waals surface area contributed by atoms with Crippen LogP contribution in [-0.2, 0) is 16.9 Å². The predicted octanol–water partition coefficient (Wildman–Crippen LogP) is 2.13. The van der Waals surface area contributed by atoms with Crippen LogP contribution >= 0.6 is 0 Å². The van der Waals surface area contributed by atoms with Gasteiger partial charge in [0, 0.05) is 63.5 Å². The maximum atomic E-state index is 14.8. The van der Waals surface area contributed by atoms with Crippen LogP contribution in [0.25, 0.3) is 0 Å². The lowest BCUT2D eigenvalue weighted by molar-refractivity contribution is -0.129. The molecule has 0 spiro atoms. The molecule has 4 rings (SSSR count). The molecule has 1 fully saturated rings. The molecule has 0 aliphatic carbocycles. The highest BCUT2D eigenvalue weighted by Crippen LogP contribution is 2.28. The Bertz CT molecular complexity index is 1270. The zero-order valence-corrected chi connectivity index (χ0v) is 21.8. The minimum absolute atomic E-state index is 0.0475. The molecule has 1 aliphatic heterocycles. The first-order valence-electron chi connectivity index (χ1n) is 12.7. The van der Waals surface area contributed by atoms with Gasteiger partial charge in [0.05, 0.1) is 13.1 Å². The fourth-order valence-corrected chi connectivity index (χ4v) is 4.71. The van der Waals surface area contributed by atoms with Crippen LogP contribution in [0.1, 0.15) is 12.5 Å². The molecule has 1 aliphatic rings. The zero-order valence-electron chi connectivity index (χ0n) is 21.8. The van der Waals surface area contributed by atoms with Gasteiger partial charge in [-0.05, 0) is 30.3 Å². The van der Waals surface area contributed by atoms with Crippen molar-refractivity contribution in [3.63, 3.8) is 0 Å². The van der Waals surface area contributed by atoms with Gasteiger partial charge in [-0.1, -0.05) is 12.0 Å². The number of halogens is 2. The van der Waals surface area contributed by atoms with Gasteiger partial charge in [-0.15, -0.1) is 6.42 Å². The Balaban J connectivity index is 1.38. The molecule has 0 radical (unpaired) electrons. The fourth-order valence-electron chi connectivity index (χ4n) is 4.71. The van der Waals surface area contributed by atoms with Crippen molar-refractivity contribution in [1.29, 1.82) is 0 Å². The molecule has 1 atom stereocenters. The van der Waals surface area contributed by atoms with E-state index in [2.05, 4.69) is 20.9 Å². The van der Waals surface area contributed by atoms with Crippen molar-refractivity contribution in [3.05, 3.63) is 72.3 Å². The summed E-state index contributed by atoms with van der Waals surface area (Å²) in [6, 6.07) is 10.8. The van der Waals surface area contributed by atoms with Crippen molar-refractivity contribution in [2.24, 2.45) is 0 Å². The van der Waals surface area contributed by atoms with Crippen molar-refractivity contribution in [2.75, 3.05) is 57.3 Å². The average molecular weight is 539 g/mol. The number of carbonyl (C=O) groups is 1. The molecule has 0 saturated carbocycles. The second-order valence-corrected chi connectivity index (χ2v) is 9.50. The number of anilines is 1. The van der Waals surface area contributed by atoms with Crippen LogP contribution in [-0.4, -0.2) is 88.0 Å². The van der Waals surface area contributed by atoms with Crippen LogP contribution in [0.3, 0.4) is 0 Å². The first-order valence-corrected chi connectivity index (χ1v) is 12.7. The lowest BCUT2D eigenvalue weighted by Gasteiger charge is -2.35. The van der Waals surface area contributed by atoms with E-state index in [0.717, 1.165) is 30.9 Å². The third kappa shape index (κ3) is 7.31. The summed E-state index contributed by atoms with van der Waals surface area (Å²) in [6.07, 6.45) is 8.30.